The number of carbonyl (C=O) groups is 1. The van der Waals surface area contributed by atoms with Gasteiger partial charge in [-0.05, 0) is 37.1 Å². The number of amides is 1. The van der Waals surface area contributed by atoms with Gasteiger partial charge < -0.3 is 5.32 Å². The Morgan fingerprint density at radius 3 is 2.19 bits per heavy atom. The Bertz CT molecular complexity index is 565. The summed E-state index contributed by atoms with van der Waals surface area (Å²) < 4.78 is 24.8. The summed E-state index contributed by atoms with van der Waals surface area (Å²) in [7, 11) is -1.10. The summed E-state index contributed by atoms with van der Waals surface area (Å²) in [6, 6.07) is 5.90. The zero-order valence-corrected chi connectivity index (χ0v) is 13.6. The second-order valence-electron chi connectivity index (χ2n) is 4.61. The van der Waals surface area contributed by atoms with E-state index in [1.807, 2.05) is 13.8 Å². The van der Waals surface area contributed by atoms with Gasteiger partial charge in [-0.15, -0.1) is 0 Å². The number of carbonyl (C=O) groups excluding carboxylic acids is 1. The van der Waals surface area contributed by atoms with Crippen LogP contribution in [0.2, 0.25) is 0 Å². The molecule has 0 aliphatic carbocycles. The SMILES string of the molecule is CCC(CC)NC(=O)c1ccc(S(=O)(=O)N(C)OC)cc1. The van der Waals surface area contributed by atoms with Crippen LogP contribution in [0.5, 0.6) is 0 Å². The van der Waals surface area contributed by atoms with Gasteiger partial charge in [-0.3, -0.25) is 9.63 Å². The molecule has 7 heteroatoms. The summed E-state index contributed by atoms with van der Waals surface area (Å²) in [5, 5.41) is 2.90. The zero-order valence-electron chi connectivity index (χ0n) is 12.8. The van der Waals surface area contributed by atoms with Crippen LogP contribution in [0.4, 0.5) is 0 Å². The van der Waals surface area contributed by atoms with Gasteiger partial charge in [0, 0.05) is 18.7 Å². The molecular formula is C14H22N2O4S. The highest BCUT2D eigenvalue weighted by Gasteiger charge is 2.21. The lowest BCUT2D eigenvalue weighted by atomic mass is 10.1. The maximum atomic E-state index is 12.0. The van der Waals surface area contributed by atoms with Crippen LogP contribution in [0.3, 0.4) is 0 Å². The number of hydrogen-bond acceptors (Lipinski definition) is 4. The van der Waals surface area contributed by atoms with Gasteiger partial charge in [0.1, 0.15) is 0 Å². The molecule has 0 heterocycles. The molecule has 6 nitrogen and oxygen atoms in total. The molecular weight excluding hydrogens is 292 g/mol. The van der Waals surface area contributed by atoms with Crippen LogP contribution >= 0.6 is 0 Å². The number of hydrogen-bond donors (Lipinski definition) is 1. The van der Waals surface area contributed by atoms with Gasteiger partial charge in [0.2, 0.25) is 0 Å². The molecule has 1 N–H and O–H groups in total. The summed E-state index contributed by atoms with van der Waals surface area (Å²) in [5.41, 5.74) is 0.431. The van der Waals surface area contributed by atoms with Crippen molar-refractivity contribution in [2.75, 3.05) is 14.2 Å². The number of benzene rings is 1. The first-order valence-corrected chi connectivity index (χ1v) is 8.24. The van der Waals surface area contributed by atoms with Gasteiger partial charge in [-0.2, -0.15) is 0 Å². The minimum Gasteiger partial charge on any atom is -0.349 e. The molecule has 21 heavy (non-hydrogen) atoms. The Hall–Kier alpha value is -1.44. The fraction of sp³-hybridized carbons (Fsp3) is 0.500. The smallest absolute Gasteiger partial charge is 0.264 e. The molecule has 0 saturated carbocycles. The summed E-state index contributed by atoms with van der Waals surface area (Å²) in [4.78, 5) is 16.8. The quantitative estimate of drug-likeness (QED) is 0.779. The lowest BCUT2D eigenvalue weighted by Gasteiger charge is -2.16. The third-order valence-corrected chi connectivity index (χ3v) is 5.02. The van der Waals surface area contributed by atoms with E-state index >= 15 is 0 Å². The van der Waals surface area contributed by atoms with Crippen molar-refractivity contribution in [1.82, 2.24) is 9.79 Å². The molecule has 1 amide bonds. The normalized spacial score (nSPS) is 11.9. The van der Waals surface area contributed by atoms with Crippen molar-refractivity contribution in [3.63, 3.8) is 0 Å². The van der Waals surface area contributed by atoms with E-state index in [-0.39, 0.29) is 16.8 Å². The Morgan fingerprint density at radius 1 is 1.24 bits per heavy atom. The van der Waals surface area contributed by atoms with Crippen molar-refractivity contribution >= 4 is 15.9 Å². The monoisotopic (exact) mass is 314 g/mol. The second-order valence-corrected chi connectivity index (χ2v) is 6.54. The first-order chi connectivity index (χ1) is 9.86. The second kappa shape index (κ2) is 7.53. The van der Waals surface area contributed by atoms with Crippen LogP contribution in [0.1, 0.15) is 37.0 Å². The predicted octanol–water partition coefficient (Wildman–Crippen LogP) is 1.79. The zero-order chi connectivity index (χ0) is 16.0. The first kappa shape index (κ1) is 17.6. The molecule has 1 aromatic rings. The topological polar surface area (TPSA) is 75.7 Å². The van der Waals surface area contributed by atoms with E-state index in [1.165, 1.54) is 38.4 Å². The van der Waals surface area contributed by atoms with Crippen LogP contribution < -0.4 is 5.32 Å². The minimum absolute atomic E-state index is 0.0749. The number of nitrogens with one attached hydrogen (secondary N) is 1. The molecule has 0 aliphatic rings. The molecule has 0 aliphatic heterocycles. The first-order valence-electron chi connectivity index (χ1n) is 6.80. The Labute approximate surface area is 126 Å². The highest BCUT2D eigenvalue weighted by atomic mass is 32.2. The van der Waals surface area contributed by atoms with E-state index in [1.54, 1.807) is 0 Å². The van der Waals surface area contributed by atoms with Crippen LogP contribution in [-0.2, 0) is 14.9 Å². The van der Waals surface area contributed by atoms with E-state index in [4.69, 9.17) is 4.84 Å². The minimum atomic E-state index is -3.68. The van der Waals surface area contributed by atoms with Crippen LogP contribution in [0, 0.1) is 0 Å². The van der Waals surface area contributed by atoms with Crippen LogP contribution in [0.25, 0.3) is 0 Å². The van der Waals surface area contributed by atoms with Gasteiger partial charge in [-0.25, -0.2) is 8.42 Å². The molecule has 0 bridgehead atoms. The fourth-order valence-corrected chi connectivity index (χ4v) is 2.76. The van der Waals surface area contributed by atoms with Crippen molar-refractivity contribution < 1.29 is 18.0 Å². The summed E-state index contributed by atoms with van der Waals surface area (Å²) in [5.74, 6) is -0.201. The summed E-state index contributed by atoms with van der Waals surface area (Å²) in [6.07, 6.45) is 1.71. The summed E-state index contributed by atoms with van der Waals surface area (Å²) in [6.45, 7) is 4.01. The van der Waals surface area contributed by atoms with Gasteiger partial charge >= 0.3 is 0 Å². The molecule has 118 valence electrons. The largest absolute Gasteiger partial charge is 0.349 e. The van der Waals surface area contributed by atoms with Gasteiger partial charge in [-0.1, -0.05) is 18.3 Å². The third-order valence-electron chi connectivity index (χ3n) is 3.33. The molecule has 1 aromatic carbocycles. The van der Waals surface area contributed by atoms with Crippen molar-refractivity contribution in [3.8, 4) is 0 Å². The highest BCUT2D eigenvalue weighted by molar-refractivity contribution is 7.89. The number of nitrogens with zero attached hydrogens (tertiary/aromatic N) is 1. The lowest BCUT2D eigenvalue weighted by molar-refractivity contribution is -0.0258. The average molecular weight is 314 g/mol. The fourth-order valence-electron chi connectivity index (χ4n) is 1.79. The lowest BCUT2D eigenvalue weighted by Crippen LogP contribution is -2.33. The molecule has 0 aromatic heterocycles. The number of hydroxylamine groups is 1. The van der Waals surface area contributed by atoms with E-state index in [0.29, 0.717) is 5.56 Å². The van der Waals surface area contributed by atoms with E-state index < -0.39 is 10.0 Å². The Balaban J connectivity index is 2.90. The standard InChI is InChI=1S/C14H22N2O4S/c1-5-12(6-2)15-14(17)11-7-9-13(10-8-11)21(18,19)16(3)20-4/h7-10,12H,5-6H2,1-4H3,(H,15,17). The van der Waals surface area contributed by atoms with Gasteiger partial charge in [0.25, 0.3) is 15.9 Å². The molecule has 0 radical (unpaired) electrons. The highest BCUT2D eigenvalue weighted by Crippen LogP contribution is 2.15. The average Bonchev–Trinajstić information content (AvgIpc) is 2.51. The maximum absolute atomic E-state index is 12.0. The van der Waals surface area contributed by atoms with Gasteiger partial charge in [0.15, 0.2) is 0 Å². The summed E-state index contributed by atoms with van der Waals surface area (Å²) >= 11 is 0. The molecule has 0 unspecified atom stereocenters. The Morgan fingerprint density at radius 2 is 1.76 bits per heavy atom. The van der Waals surface area contributed by atoms with E-state index in [2.05, 4.69) is 5.32 Å². The van der Waals surface area contributed by atoms with Crippen molar-refractivity contribution in [2.45, 2.75) is 37.6 Å². The van der Waals surface area contributed by atoms with Crippen molar-refractivity contribution in [2.24, 2.45) is 0 Å². The molecule has 0 spiro atoms. The molecule has 0 atom stereocenters. The Kier molecular flexibility index (Phi) is 6.32. The molecule has 0 fully saturated rings. The predicted molar refractivity (Wildman–Crippen MR) is 80.2 cm³/mol. The number of sulfonamides is 1. The van der Waals surface area contributed by atoms with Gasteiger partial charge in [0.05, 0.1) is 12.0 Å². The van der Waals surface area contributed by atoms with Crippen molar-refractivity contribution in [1.29, 1.82) is 0 Å². The molecule has 0 saturated heterocycles. The van der Waals surface area contributed by atoms with Crippen molar-refractivity contribution in [3.05, 3.63) is 29.8 Å². The van der Waals surface area contributed by atoms with Crippen LogP contribution in [0.15, 0.2) is 29.2 Å². The van der Waals surface area contributed by atoms with E-state index in [9.17, 15) is 13.2 Å². The maximum Gasteiger partial charge on any atom is 0.264 e. The molecule has 1 rings (SSSR count). The number of rotatable bonds is 7. The van der Waals surface area contributed by atoms with Crippen LogP contribution in [-0.4, -0.2) is 39.0 Å². The third kappa shape index (κ3) is 4.26. The van der Waals surface area contributed by atoms with E-state index in [0.717, 1.165) is 17.3 Å².